The van der Waals surface area contributed by atoms with E-state index in [-0.39, 0.29) is 11.5 Å². The highest BCUT2D eigenvalue weighted by molar-refractivity contribution is 5.96. The highest BCUT2D eigenvalue weighted by Gasteiger charge is 2.23. The molecule has 0 atom stereocenters. The zero-order valence-corrected chi connectivity index (χ0v) is 10.8. The Morgan fingerprint density at radius 1 is 1.21 bits per heavy atom. The van der Waals surface area contributed by atoms with Crippen LogP contribution in [0.4, 0.5) is 0 Å². The largest absolute Gasteiger partial charge is 0.422 e. The van der Waals surface area contributed by atoms with E-state index >= 15 is 0 Å². The van der Waals surface area contributed by atoms with Gasteiger partial charge in [-0.3, -0.25) is 4.79 Å². The number of likely N-dealkylation sites (tertiary alicyclic amines) is 1. The summed E-state index contributed by atoms with van der Waals surface area (Å²) in [4.78, 5) is 25.9. The molecule has 2 heterocycles. The van der Waals surface area contributed by atoms with Gasteiger partial charge in [-0.1, -0.05) is 11.6 Å². The lowest BCUT2D eigenvalue weighted by molar-refractivity contribution is 0.0789. The van der Waals surface area contributed by atoms with Gasteiger partial charge < -0.3 is 9.32 Å². The molecular formula is C15H15NO3. The fourth-order valence-electron chi connectivity index (χ4n) is 2.48. The molecule has 0 spiro atoms. The van der Waals surface area contributed by atoms with Crippen LogP contribution < -0.4 is 5.63 Å². The zero-order valence-electron chi connectivity index (χ0n) is 10.8. The monoisotopic (exact) mass is 257 g/mol. The van der Waals surface area contributed by atoms with Crippen molar-refractivity contribution < 1.29 is 9.21 Å². The summed E-state index contributed by atoms with van der Waals surface area (Å²) in [5, 5.41) is 0.794. The van der Waals surface area contributed by atoms with Crippen LogP contribution in [0.3, 0.4) is 0 Å². The summed E-state index contributed by atoms with van der Waals surface area (Å²) >= 11 is 0. The predicted molar refractivity (Wildman–Crippen MR) is 72.4 cm³/mol. The second-order valence-corrected chi connectivity index (χ2v) is 4.99. The number of fused-ring (bicyclic) bond motifs is 1. The summed E-state index contributed by atoms with van der Waals surface area (Å²) in [6.45, 7) is 3.42. The first kappa shape index (κ1) is 12.0. The Morgan fingerprint density at radius 2 is 1.95 bits per heavy atom. The molecule has 1 amide bonds. The minimum Gasteiger partial charge on any atom is -0.422 e. The molecule has 0 N–H and O–H groups in total. The van der Waals surface area contributed by atoms with Crippen LogP contribution in [-0.2, 0) is 0 Å². The first-order valence-electron chi connectivity index (χ1n) is 6.49. The van der Waals surface area contributed by atoms with Crippen molar-refractivity contribution in [3.63, 3.8) is 0 Å². The summed E-state index contributed by atoms with van der Waals surface area (Å²) in [5.74, 6) is -0.213. The predicted octanol–water partition coefficient (Wildman–Crippen LogP) is 2.34. The first-order chi connectivity index (χ1) is 9.15. The molecule has 1 saturated heterocycles. The summed E-state index contributed by atoms with van der Waals surface area (Å²) in [5.41, 5.74) is 1.18. The van der Waals surface area contributed by atoms with Crippen molar-refractivity contribution in [2.75, 3.05) is 13.1 Å². The van der Waals surface area contributed by atoms with Crippen molar-refractivity contribution in [2.24, 2.45) is 0 Å². The maximum Gasteiger partial charge on any atom is 0.349 e. The van der Waals surface area contributed by atoms with Crippen molar-refractivity contribution in [3.05, 3.63) is 45.8 Å². The van der Waals surface area contributed by atoms with Gasteiger partial charge >= 0.3 is 5.63 Å². The van der Waals surface area contributed by atoms with Crippen LogP contribution in [-0.4, -0.2) is 23.9 Å². The molecule has 19 heavy (non-hydrogen) atoms. The Balaban J connectivity index is 2.10. The Morgan fingerprint density at radius 3 is 2.68 bits per heavy atom. The van der Waals surface area contributed by atoms with E-state index in [4.69, 9.17) is 4.42 Å². The summed E-state index contributed by atoms with van der Waals surface area (Å²) < 4.78 is 5.23. The van der Waals surface area contributed by atoms with E-state index in [1.807, 2.05) is 19.1 Å². The number of hydrogen-bond donors (Lipinski definition) is 0. The minimum absolute atomic E-state index is 0.139. The Labute approximate surface area is 110 Å². The summed E-state index contributed by atoms with van der Waals surface area (Å²) in [7, 11) is 0. The van der Waals surface area contributed by atoms with Crippen molar-refractivity contribution in [1.29, 1.82) is 0 Å². The number of benzene rings is 1. The average Bonchev–Trinajstić information content (AvgIpc) is 2.91. The molecule has 98 valence electrons. The van der Waals surface area contributed by atoms with Gasteiger partial charge in [-0.25, -0.2) is 4.79 Å². The standard InChI is InChI=1S/C15H15NO3/c1-10-4-5-13-11(8-10)9-12(15(18)19-13)14(17)16-6-2-3-7-16/h4-5,8-9H,2-3,6-7H2,1H3. The maximum absolute atomic E-state index is 12.3. The fraction of sp³-hybridized carbons (Fsp3) is 0.333. The zero-order chi connectivity index (χ0) is 13.4. The molecule has 2 aromatic rings. The molecule has 1 aliphatic rings. The lowest BCUT2D eigenvalue weighted by atomic mass is 10.1. The van der Waals surface area contributed by atoms with E-state index in [1.54, 1.807) is 17.0 Å². The quantitative estimate of drug-likeness (QED) is 0.737. The van der Waals surface area contributed by atoms with Crippen LogP contribution in [0.15, 0.2) is 33.5 Å². The van der Waals surface area contributed by atoms with Crippen LogP contribution >= 0.6 is 0 Å². The molecule has 1 aromatic heterocycles. The second-order valence-electron chi connectivity index (χ2n) is 4.99. The van der Waals surface area contributed by atoms with E-state index in [9.17, 15) is 9.59 Å². The summed E-state index contributed by atoms with van der Waals surface area (Å²) in [6.07, 6.45) is 2.01. The average molecular weight is 257 g/mol. The smallest absolute Gasteiger partial charge is 0.349 e. The SMILES string of the molecule is Cc1ccc2oc(=O)c(C(=O)N3CCCC3)cc2c1. The van der Waals surface area contributed by atoms with Gasteiger partial charge in [-0.05, 0) is 38.0 Å². The van der Waals surface area contributed by atoms with Gasteiger partial charge in [0.1, 0.15) is 11.1 Å². The normalized spacial score (nSPS) is 15.1. The van der Waals surface area contributed by atoms with Gasteiger partial charge in [0.25, 0.3) is 5.91 Å². The molecule has 4 nitrogen and oxygen atoms in total. The number of aryl methyl sites for hydroxylation is 1. The lowest BCUT2D eigenvalue weighted by Crippen LogP contribution is -2.31. The summed E-state index contributed by atoms with van der Waals surface area (Å²) in [6, 6.07) is 7.21. The van der Waals surface area contributed by atoms with Gasteiger partial charge in [0, 0.05) is 18.5 Å². The van der Waals surface area contributed by atoms with E-state index in [1.165, 1.54) is 0 Å². The van der Waals surface area contributed by atoms with Gasteiger partial charge in [0.15, 0.2) is 0 Å². The molecule has 0 radical (unpaired) electrons. The molecule has 3 rings (SSSR count). The lowest BCUT2D eigenvalue weighted by Gasteiger charge is -2.14. The van der Waals surface area contributed by atoms with E-state index in [2.05, 4.69) is 0 Å². The number of hydrogen-bond acceptors (Lipinski definition) is 3. The molecule has 1 aliphatic heterocycles. The van der Waals surface area contributed by atoms with Crippen LogP contribution in [0.25, 0.3) is 11.0 Å². The van der Waals surface area contributed by atoms with Crippen molar-refractivity contribution in [1.82, 2.24) is 4.90 Å². The van der Waals surface area contributed by atoms with Gasteiger partial charge in [-0.2, -0.15) is 0 Å². The van der Waals surface area contributed by atoms with Crippen LogP contribution in [0.2, 0.25) is 0 Å². The molecule has 0 bridgehead atoms. The number of nitrogens with zero attached hydrogens (tertiary/aromatic N) is 1. The molecule has 0 aliphatic carbocycles. The molecule has 4 heteroatoms. The fourth-order valence-corrected chi connectivity index (χ4v) is 2.48. The Bertz CT molecular complexity index is 696. The van der Waals surface area contributed by atoms with Gasteiger partial charge in [-0.15, -0.1) is 0 Å². The Kier molecular flexibility index (Phi) is 2.85. The Hall–Kier alpha value is -2.10. The first-order valence-corrected chi connectivity index (χ1v) is 6.49. The molecule has 0 saturated carbocycles. The maximum atomic E-state index is 12.3. The molecule has 1 fully saturated rings. The minimum atomic E-state index is -0.548. The topological polar surface area (TPSA) is 50.5 Å². The number of rotatable bonds is 1. The third kappa shape index (κ3) is 2.14. The van der Waals surface area contributed by atoms with E-state index < -0.39 is 5.63 Å². The molecular weight excluding hydrogens is 242 g/mol. The number of carbonyl (C=O) groups is 1. The van der Waals surface area contributed by atoms with E-state index in [0.29, 0.717) is 5.58 Å². The van der Waals surface area contributed by atoms with Crippen LogP contribution in [0.5, 0.6) is 0 Å². The third-order valence-electron chi connectivity index (χ3n) is 3.51. The van der Waals surface area contributed by atoms with Crippen LogP contribution in [0, 0.1) is 6.92 Å². The van der Waals surface area contributed by atoms with Crippen LogP contribution in [0.1, 0.15) is 28.8 Å². The van der Waals surface area contributed by atoms with Crippen molar-refractivity contribution in [3.8, 4) is 0 Å². The second kappa shape index (κ2) is 4.53. The molecule has 1 aromatic carbocycles. The van der Waals surface area contributed by atoms with Crippen molar-refractivity contribution in [2.45, 2.75) is 19.8 Å². The highest BCUT2D eigenvalue weighted by atomic mass is 16.4. The number of carbonyl (C=O) groups excluding carboxylic acids is 1. The number of amides is 1. The molecule has 0 unspecified atom stereocenters. The van der Waals surface area contributed by atoms with E-state index in [0.717, 1.165) is 36.9 Å². The van der Waals surface area contributed by atoms with Crippen molar-refractivity contribution >= 4 is 16.9 Å². The van der Waals surface area contributed by atoms with Gasteiger partial charge in [0.2, 0.25) is 0 Å². The third-order valence-corrected chi connectivity index (χ3v) is 3.51. The van der Waals surface area contributed by atoms with Gasteiger partial charge in [0.05, 0.1) is 0 Å². The highest BCUT2D eigenvalue weighted by Crippen LogP contribution is 2.17.